The second-order valence-corrected chi connectivity index (χ2v) is 3.79. The number of anilines is 1. The second kappa shape index (κ2) is 4.37. The van der Waals surface area contributed by atoms with Gasteiger partial charge in [0, 0.05) is 31.9 Å². The molecule has 0 fully saturated rings. The van der Waals surface area contributed by atoms with Crippen molar-refractivity contribution in [3.05, 3.63) is 36.2 Å². The highest BCUT2D eigenvalue weighted by atomic mass is 16.3. The van der Waals surface area contributed by atoms with Crippen molar-refractivity contribution in [3.8, 4) is 11.5 Å². The van der Waals surface area contributed by atoms with Gasteiger partial charge in [0.05, 0.1) is 5.69 Å². The van der Waals surface area contributed by atoms with E-state index in [2.05, 4.69) is 4.98 Å². The van der Waals surface area contributed by atoms with Gasteiger partial charge >= 0.3 is 0 Å². The molecule has 0 aliphatic heterocycles. The van der Waals surface area contributed by atoms with Gasteiger partial charge < -0.3 is 15.1 Å². The Bertz CT molecular complexity index is 459. The monoisotopic (exact) mass is 217 g/mol. The molecule has 1 aromatic carbocycles. The first-order valence-corrected chi connectivity index (χ1v) is 5.13. The fourth-order valence-electron chi connectivity index (χ4n) is 1.44. The average Bonchev–Trinajstić information content (AvgIpc) is 2.77. The van der Waals surface area contributed by atoms with Crippen LogP contribution in [-0.2, 0) is 6.54 Å². The lowest BCUT2D eigenvalue weighted by molar-refractivity contribution is 0.572. The zero-order chi connectivity index (χ0) is 11.5. The minimum atomic E-state index is 0.402. The van der Waals surface area contributed by atoms with Crippen molar-refractivity contribution in [3.63, 3.8) is 0 Å². The third kappa shape index (κ3) is 2.06. The van der Waals surface area contributed by atoms with Crippen LogP contribution in [0.5, 0.6) is 0 Å². The van der Waals surface area contributed by atoms with Gasteiger partial charge in [0.1, 0.15) is 6.26 Å². The zero-order valence-electron chi connectivity index (χ0n) is 9.47. The van der Waals surface area contributed by atoms with E-state index in [9.17, 15) is 0 Å². The highest BCUT2D eigenvalue weighted by Crippen LogP contribution is 2.21. The Morgan fingerprint density at radius 3 is 2.44 bits per heavy atom. The molecule has 2 rings (SSSR count). The Labute approximate surface area is 94.7 Å². The Kier molecular flexibility index (Phi) is 2.92. The first-order valence-electron chi connectivity index (χ1n) is 5.13. The largest absolute Gasteiger partial charge is 0.444 e. The first-order chi connectivity index (χ1) is 7.70. The van der Waals surface area contributed by atoms with Gasteiger partial charge in [-0.1, -0.05) is 0 Å². The van der Waals surface area contributed by atoms with E-state index in [-0.39, 0.29) is 0 Å². The smallest absolute Gasteiger partial charge is 0.226 e. The van der Waals surface area contributed by atoms with E-state index in [0.717, 1.165) is 16.9 Å². The van der Waals surface area contributed by atoms with E-state index in [1.165, 1.54) is 0 Å². The van der Waals surface area contributed by atoms with Gasteiger partial charge in [-0.05, 0) is 24.3 Å². The predicted molar refractivity (Wildman–Crippen MR) is 64.2 cm³/mol. The Morgan fingerprint density at radius 1 is 1.25 bits per heavy atom. The van der Waals surface area contributed by atoms with Gasteiger partial charge in [0.15, 0.2) is 0 Å². The highest BCUT2D eigenvalue weighted by Gasteiger charge is 2.05. The Hall–Kier alpha value is -1.81. The van der Waals surface area contributed by atoms with Crippen molar-refractivity contribution in [2.75, 3.05) is 19.0 Å². The summed E-state index contributed by atoms with van der Waals surface area (Å²) in [5.74, 6) is 0.616. The van der Waals surface area contributed by atoms with E-state index >= 15 is 0 Å². The van der Waals surface area contributed by atoms with E-state index < -0.39 is 0 Å². The molecule has 0 aliphatic carbocycles. The third-order valence-corrected chi connectivity index (χ3v) is 2.39. The summed E-state index contributed by atoms with van der Waals surface area (Å²) in [6.07, 6.45) is 1.59. The molecule has 4 heteroatoms. The molecule has 0 unspecified atom stereocenters. The molecule has 0 aliphatic rings. The number of aromatic nitrogens is 1. The van der Waals surface area contributed by atoms with Gasteiger partial charge in [-0.2, -0.15) is 0 Å². The van der Waals surface area contributed by atoms with Crippen LogP contribution in [0.25, 0.3) is 11.5 Å². The summed E-state index contributed by atoms with van der Waals surface area (Å²) in [4.78, 5) is 6.31. The van der Waals surface area contributed by atoms with Crippen LogP contribution >= 0.6 is 0 Å². The lowest BCUT2D eigenvalue weighted by Crippen LogP contribution is -2.07. The molecule has 16 heavy (non-hydrogen) atoms. The molecule has 0 amide bonds. The first kappa shape index (κ1) is 10.7. The van der Waals surface area contributed by atoms with E-state index in [1.54, 1.807) is 6.26 Å². The minimum Gasteiger partial charge on any atom is -0.444 e. The Morgan fingerprint density at radius 2 is 1.94 bits per heavy atom. The number of nitrogens with zero attached hydrogens (tertiary/aromatic N) is 2. The molecular formula is C12H15N3O. The molecule has 0 spiro atoms. The van der Waals surface area contributed by atoms with Crippen LogP contribution in [0.15, 0.2) is 34.9 Å². The van der Waals surface area contributed by atoms with Crippen LogP contribution in [0.2, 0.25) is 0 Å². The van der Waals surface area contributed by atoms with Gasteiger partial charge in [-0.3, -0.25) is 0 Å². The standard InChI is InChI=1S/C12H15N3O/c1-15(2)11-5-3-9(4-6-11)12-14-10(7-13)8-16-12/h3-6,8H,7,13H2,1-2H3. The number of nitrogens with two attached hydrogens (primary N) is 1. The SMILES string of the molecule is CN(C)c1ccc(-c2nc(CN)co2)cc1. The molecule has 0 saturated heterocycles. The summed E-state index contributed by atoms with van der Waals surface area (Å²) < 4.78 is 5.34. The fourth-order valence-corrected chi connectivity index (χ4v) is 1.44. The van der Waals surface area contributed by atoms with Gasteiger partial charge in [0.25, 0.3) is 0 Å². The molecule has 84 valence electrons. The normalized spacial score (nSPS) is 10.4. The summed E-state index contributed by atoms with van der Waals surface area (Å²) in [7, 11) is 4.01. The summed E-state index contributed by atoms with van der Waals surface area (Å²) >= 11 is 0. The summed E-state index contributed by atoms with van der Waals surface area (Å²) in [6, 6.07) is 8.03. The molecule has 1 aromatic heterocycles. The number of hydrogen-bond acceptors (Lipinski definition) is 4. The molecule has 0 atom stereocenters. The molecule has 2 aromatic rings. The molecule has 0 bridgehead atoms. The van der Waals surface area contributed by atoms with Crippen molar-refractivity contribution in [2.24, 2.45) is 5.73 Å². The fraction of sp³-hybridized carbons (Fsp3) is 0.250. The lowest BCUT2D eigenvalue weighted by Gasteiger charge is -2.11. The average molecular weight is 217 g/mol. The van der Waals surface area contributed by atoms with Crippen molar-refractivity contribution in [1.29, 1.82) is 0 Å². The number of benzene rings is 1. The maximum absolute atomic E-state index is 5.48. The van der Waals surface area contributed by atoms with Crippen molar-refractivity contribution in [1.82, 2.24) is 4.98 Å². The molecular weight excluding hydrogens is 202 g/mol. The van der Waals surface area contributed by atoms with E-state index in [0.29, 0.717) is 12.4 Å². The van der Waals surface area contributed by atoms with Crippen molar-refractivity contribution < 1.29 is 4.42 Å². The summed E-state index contributed by atoms with van der Waals surface area (Å²) in [6.45, 7) is 0.402. The zero-order valence-corrected chi connectivity index (χ0v) is 9.47. The van der Waals surface area contributed by atoms with Crippen molar-refractivity contribution in [2.45, 2.75) is 6.54 Å². The number of rotatable bonds is 3. The van der Waals surface area contributed by atoms with Gasteiger partial charge in [0.2, 0.25) is 5.89 Å². The second-order valence-electron chi connectivity index (χ2n) is 3.79. The maximum Gasteiger partial charge on any atom is 0.226 e. The van der Waals surface area contributed by atoms with Crippen molar-refractivity contribution >= 4 is 5.69 Å². The predicted octanol–water partition coefficient (Wildman–Crippen LogP) is 1.87. The minimum absolute atomic E-state index is 0.402. The molecule has 0 saturated carbocycles. The van der Waals surface area contributed by atoms with Crippen LogP contribution < -0.4 is 10.6 Å². The number of oxazole rings is 1. The molecule has 2 N–H and O–H groups in total. The van der Waals surface area contributed by atoms with E-state index in [1.807, 2.05) is 43.3 Å². The number of hydrogen-bond donors (Lipinski definition) is 1. The topological polar surface area (TPSA) is 55.3 Å². The van der Waals surface area contributed by atoms with Crippen LogP contribution in [0.4, 0.5) is 5.69 Å². The molecule has 0 radical (unpaired) electrons. The maximum atomic E-state index is 5.48. The quantitative estimate of drug-likeness (QED) is 0.852. The van der Waals surface area contributed by atoms with Crippen LogP contribution in [-0.4, -0.2) is 19.1 Å². The van der Waals surface area contributed by atoms with Gasteiger partial charge in [-0.25, -0.2) is 4.98 Å². The highest BCUT2D eigenvalue weighted by molar-refractivity contribution is 5.59. The van der Waals surface area contributed by atoms with E-state index in [4.69, 9.17) is 10.2 Å². The summed E-state index contributed by atoms with van der Waals surface area (Å²) in [5.41, 5.74) is 8.36. The van der Waals surface area contributed by atoms with Crippen LogP contribution in [0.1, 0.15) is 5.69 Å². The van der Waals surface area contributed by atoms with Crippen LogP contribution in [0.3, 0.4) is 0 Å². The van der Waals surface area contributed by atoms with Crippen LogP contribution in [0, 0.1) is 0 Å². The van der Waals surface area contributed by atoms with Gasteiger partial charge in [-0.15, -0.1) is 0 Å². The Balaban J connectivity index is 2.27. The third-order valence-electron chi connectivity index (χ3n) is 2.39. The molecule has 1 heterocycles. The lowest BCUT2D eigenvalue weighted by atomic mass is 10.2. The summed E-state index contributed by atoms with van der Waals surface area (Å²) in [5, 5.41) is 0. The molecule has 4 nitrogen and oxygen atoms in total.